The number of nitrogens with one attached hydrogen (secondary N) is 1. The second kappa shape index (κ2) is 5.75. The summed E-state index contributed by atoms with van der Waals surface area (Å²) in [4.78, 5) is 4.68. The van der Waals surface area contributed by atoms with E-state index in [-0.39, 0.29) is 0 Å². The molecule has 0 radical (unpaired) electrons. The van der Waals surface area contributed by atoms with Crippen molar-refractivity contribution in [3.05, 3.63) is 17.2 Å². The molecule has 2 rings (SSSR count). The Kier molecular flexibility index (Phi) is 4.26. The average Bonchev–Trinajstić information content (AvgIpc) is 2.73. The molecule has 1 heterocycles. The summed E-state index contributed by atoms with van der Waals surface area (Å²) in [5.74, 6) is 1.05. The number of rotatable bonds is 5. The van der Waals surface area contributed by atoms with E-state index in [0.29, 0.717) is 6.54 Å². The van der Waals surface area contributed by atoms with Crippen molar-refractivity contribution in [1.29, 1.82) is 5.26 Å². The first kappa shape index (κ1) is 14.1. The van der Waals surface area contributed by atoms with Crippen LogP contribution in [0.2, 0.25) is 0 Å². The second-order valence-corrected chi connectivity index (χ2v) is 5.72. The first-order chi connectivity index (χ1) is 9.09. The molecule has 1 aliphatic rings. The van der Waals surface area contributed by atoms with Gasteiger partial charge in [-0.25, -0.2) is 4.98 Å². The zero-order valence-corrected chi connectivity index (χ0v) is 12.3. The molecule has 1 atom stereocenters. The topological polar surface area (TPSA) is 53.6 Å². The molecule has 0 amide bonds. The highest BCUT2D eigenvalue weighted by atomic mass is 15.1. The molecule has 19 heavy (non-hydrogen) atoms. The number of imidazole rings is 1. The minimum absolute atomic E-state index is 0.507. The van der Waals surface area contributed by atoms with Crippen LogP contribution in [0, 0.1) is 18.3 Å². The molecule has 0 bridgehead atoms. The molecule has 104 valence electrons. The van der Waals surface area contributed by atoms with Crippen LogP contribution >= 0.6 is 0 Å². The lowest BCUT2D eigenvalue weighted by atomic mass is 9.99. The van der Waals surface area contributed by atoms with Crippen molar-refractivity contribution >= 4 is 0 Å². The Balaban J connectivity index is 2.22. The van der Waals surface area contributed by atoms with Gasteiger partial charge in [-0.2, -0.15) is 5.26 Å². The minimum Gasteiger partial charge on any atom is -0.329 e. The molecule has 0 saturated carbocycles. The summed E-state index contributed by atoms with van der Waals surface area (Å²) in [6.07, 6.45) is 5.72. The largest absolute Gasteiger partial charge is 0.329 e. The molecule has 1 aromatic rings. The number of nitrogens with zero attached hydrogens (tertiary/aromatic N) is 3. The number of aromatic nitrogens is 2. The second-order valence-electron chi connectivity index (χ2n) is 5.72. The lowest BCUT2D eigenvalue weighted by molar-refractivity contribution is 0.378. The number of hydrogen-bond donors (Lipinski definition) is 1. The fourth-order valence-electron chi connectivity index (χ4n) is 2.79. The molecule has 0 aliphatic heterocycles. The summed E-state index contributed by atoms with van der Waals surface area (Å²) in [5, 5.41) is 12.8. The molecule has 0 fully saturated rings. The maximum absolute atomic E-state index is 9.46. The monoisotopic (exact) mass is 260 g/mol. The number of nitriles is 1. The molecule has 1 N–H and O–H groups in total. The van der Waals surface area contributed by atoms with Crippen LogP contribution in [-0.2, 0) is 19.4 Å². The van der Waals surface area contributed by atoms with Crippen molar-refractivity contribution in [1.82, 2.24) is 14.9 Å². The molecule has 0 saturated heterocycles. The van der Waals surface area contributed by atoms with Crippen LogP contribution in [0.3, 0.4) is 0 Å². The standard InChI is InChI=1S/C15H24N4/c1-4-9-17-15(3,10-16)11-19-12(2)18-13-7-5-6-8-14(13)19/h17H,4-9,11H2,1-3H3. The predicted molar refractivity (Wildman–Crippen MR) is 75.9 cm³/mol. The molecule has 0 aromatic carbocycles. The Morgan fingerprint density at radius 1 is 1.42 bits per heavy atom. The Hall–Kier alpha value is -1.34. The van der Waals surface area contributed by atoms with Crippen LogP contribution in [0.25, 0.3) is 0 Å². The van der Waals surface area contributed by atoms with E-state index in [1.807, 2.05) is 6.92 Å². The van der Waals surface area contributed by atoms with Crippen molar-refractivity contribution in [2.75, 3.05) is 6.54 Å². The molecular formula is C15H24N4. The van der Waals surface area contributed by atoms with E-state index in [0.717, 1.165) is 31.6 Å². The fourth-order valence-corrected chi connectivity index (χ4v) is 2.79. The summed E-state index contributed by atoms with van der Waals surface area (Å²) >= 11 is 0. The molecule has 1 aromatic heterocycles. The smallest absolute Gasteiger partial charge is 0.122 e. The van der Waals surface area contributed by atoms with Crippen molar-refractivity contribution in [2.24, 2.45) is 0 Å². The van der Waals surface area contributed by atoms with Crippen molar-refractivity contribution in [2.45, 2.75) is 65.0 Å². The third-order valence-electron chi connectivity index (χ3n) is 3.91. The fraction of sp³-hybridized carbons (Fsp3) is 0.733. The van der Waals surface area contributed by atoms with Gasteiger partial charge in [-0.05, 0) is 52.5 Å². The number of fused-ring (bicyclic) bond motifs is 1. The van der Waals surface area contributed by atoms with Gasteiger partial charge in [-0.15, -0.1) is 0 Å². The van der Waals surface area contributed by atoms with E-state index in [4.69, 9.17) is 0 Å². The lowest BCUT2D eigenvalue weighted by Crippen LogP contribution is -2.45. The third kappa shape index (κ3) is 2.98. The molecule has 1 unspecified atom stereocenters. The summed E-state index contributed by atoms with van der Waals surface area (Å²) in [6, 6.07) is 2.43. The third-order valence-corrected chi connectivity index (χ3v) is 3.91. The number of aryl methyl sites for hydroxylation is 2. The van der Waals surface area contributed by atoms with E-state index < -0.39 is 5.54 Å². The summed E-state index contributed by atoms with van der Waals surface area (Å²) in [6.45, 7) is 7.72. The van der Waals surface area contributed by atoms with Gasteiger partial charge in [0.05, 0.1) is 18.3 Å². The summed E-state index contributed by atoms with van der Waals surface area (Å²) in [5.41, 5.74) is 2.09. The van der Waals surface area contributed by atoms with Crippen molar-refractivity contribution in [3.8, 4) is 6.07 Å². The molecule has 1 aliphatic carbocycles. The van der Waals surface area contributed by atoms with Crippen LogP contribution in [0.1, 0.15) is 50.3 Å². The molecule has 4 nitrogen and oxygen atoms in total. The molecule has 4 heteroatoms. The highest BCUT2D eigenvalue weighted by molar-refractivity contribution is 5.21. The number of hydrogen-bond acceptors (Lipinski definition) is 3. The Morgan fingerprint density at radius 3 is 2.84 bits per heavy atom. The van der Waals surface area contributed by atoms with E-state index in [2.05, 4.69) is 34.8 Å². The van der Waals surface area contributed by atoms with Crippen molar-refractivity contribution < 1.29 is 0 Å². The van der Waals surface area contributed by atoms with Gasteiger partial charge in [0.15, 0.2) is 0 Å². The van der Waals surface area contributed by atoms with Gasteiger partial charge in [-0.1, -0.05) is 6.92 Å². The van der Waals surface area contributed by atoms with Crippen LogP contribution in [0.5, 0.6) is 0 Å². The summed E-state index contributed by atoms with van der Waals surface area (Å²) < 4.78 is 2.25. The highest BCUT2D eigenvalue weighted by Crippen LogP contribution is 2.23. The van der Waals surface area contributed by atoms with Gasteiger partial charge in [0, 0.05) is 5.69 Å². The van der Waals surface area contributed by atoms with E-state index >= 15 is 0 Å². The first-order valence-corrected chi connectivity index (χ1v) is 7.31. The van der Waals surface area contributed by atoms with Gasteiger partial charge >= 0.3 is 0 Å². The minimum atomic E-state index is -0.507. The molecular weight excluding hydrogens is 236 g/mol. The van der Waals surface area contributed by atoms with Crippen LogP contribution in [0.15, 0.2) is 0 Å². The maximum atomic E-state index is 9.46. The van der Waals surface area contributed by atoms with Gasteiger partial charge in [-0.3, -0.25) is 5.32 Å². The van der Waals surface area contributed by atoms with Gasteiger partial charge < -0.3 is 4.57 Å². The highest BCUT2D eigenvalue weighted by Gasteiger charge is 2.27. The van der Waals surface area contributed by atoms with E-state index in [9.17, 15) is 5.26 Å². The first-order valence-electron chi connectivity index (χ1n) is 7.31. The van der Waals surface area contributed by atoms with Gasteiger partial charge in [0.2, 0.25) is 0 Å². The molecule has 0 spiro atoms. The van der Waals surface area contributed by atoms with E-state index in [1.165, 1.54) is 24.2 Å². The van der Waals surface area contributed by atoms with Crippen molar-refractivity contribution in [3.63, 3.8) is 0 Å². The zero-order chi connectivity index (χ0) is 13.9. The van der Waals surface area contributed by atoms with Crippen LogP contribution in [0.4, 0.5) is 0 Å². The Bertz CT molecular complexity index is 483. The van der Waals surface area contributed by atoms with Crippen LogP contribution < -0.4 is 5.32 Å². The van der Waals surface area contributed by atoms with E-state index in [1.54, 1.807) is 0 Å². The SMILES string of the molecule is CCCNC(C)(C#N)Cn1c(C)nc2c1CCCC2. The normalized spacial score (nSPS) is 17.6. The van der Waals surface area contributed by atoms with Gasteiger partial charge in [0.25, 0.3) is 0 Å². The Morgan fingerprint density at radius 2 is 2.16 bits per heavy atom. The predicted octanol–water partition coefficient (Wildman–Crippen LogP) is 2.35. The average molecular weight is 260 g/mol. The lowest BCUT2D eigenvalue weighted by Gasteiger charge is -2.26. The van der Waals surface area contributed by atoms with Gasteiger partial charge in [0.1, 0.15) is 11.4 Å². The van der Waals surface area contributed by atoms with Crippen LogP contribution in [-0.4, -0.2) is 21.6 Å². The maximum Gasteiger partial charge on any atom is 0.122 e. The quantitative estimate of drug-likeness (QED) is 0.884. The Labute approximate surface area is 115 Å². The summed E-state index contributed by atoms with van der Waals surface area (Å²) in [7, 11) is 0. The zero-order valence-electron chi connectivity index (χ0n) is 12.3.